The van der Waals surface area contributed by atoms with Crippen LogP contribution < -0.4 is 5.32 Å². The fraction of sp³-hybridized carbons (Fsp3) is 0.333. The molecule has 0 spiro atoms. The van der Waals surface area contributed by atoms with Gasteiger partial charge in [0.25, 0.3) is 0 Å². The van der Waals surface area contributed by atoms with Crippen LogP contribution in [0.2, 0.25) is 0 Å². The van der Waals surface area contributed by atoms with Gasteiger partial charge < -0.3 is 14.8 Å². The summed E-state index contributed by atoms with van der Waals surface area (Å²) in [6.07, 6.45) is 1.74. The molecule has 0 saturated carbocycles. The van der Waals surface area contributed by atoms with Gasteiger partial charge in [0.2, 0.25) is 5.91 Å². The van der Waals surface area contributed by atoms with Crippen molar-refractivity contribution in [2.75, 3.05) is 26.9 Å². The van der Waals surface area contributed by atoms with Crippen LogP contribution in [0.25, 0.3) is 10.8 Å². The van der Waals surface area contributed by atoms with Crippen molar-refractivity contribution in [3.05, 3.63) is 83.9 Å². The minimum absolute atomic E-state index is 0.0561. The SMILES string of the molecule is COC(=O)C(CNC(=O)C1(c2ccccc2)CCOCC1)Cc1ccc2ccccc2c1. The van der Waals surface area contributed by atoms with Crippen molar-refractivity contribution in [3.63, 3.8) is 0 Å². The van der Waals surface area contributed by atoms with Crippen molar-refractivity contribution >= 4 is 22.6 Å². The average Bonchev–Trinajstić information content (AvgIpc) is 2.86. The lowest BCUT2D eigenvalue weighted by molar-refractivity contribution is -0.145. The number of amides is 1. The van der Waals surface area contributed by atoms with Gasteiger partial charge in [-0.15, -0.1) is 0 Å². The van der Waals surface area contributed by atoms with Crippen LogP contribution in [0.1, 0.15) is 24.0 Å². The smallest absolute Gasteiger partial charge is 0.310 e. The van der Waals surface area contributed by atoms with Crippen molar-refractivity contribution in [2.45, 2.75) is 24.7 Å². The minimum atomic E-state index is -0.636. The Balaban J connectivity index is 1.51. The van der Waals surface area contributed by atoms with Crippen molar-refractivity contribution < 1.29 is 19.1 Å². The second-order valence-corrected chi connectivity index (χ2v) is 8.38. The zero-order valence-corrected chi connectivity index (χ0v) is 18.4. The Morgan fingerprint density at radius 2 is 1.66 bits per heavy atom. The minimum Gasteiger partial charge on any atom is -0.469 e. The molecular formula is C27H29NO4. The Morgan fingerprint density at radius 3 is 2.38 bits per heavy atom. The van der Waals surface area contributed by atoms with Gasteiger partial charge in [0.1, 0.15) is 0 Å². The molecule has 0 radical (unpaired) electrons. The van der Waals surface area contributed by atoms with Gasteiger partial charge in [0, 0.05) is 19.8 Å². The van der Waals surface area contributed by atoms with Crippen molar-refractivity contribution in [3.8, 4) is 0 Å². The van der Waals surface area contributed by atoms with Crippen LogP contribution >= 0.6 is 0 Å². The molecule has 0 aliphatic carbocycles. The van der Waals surface area contributed by atoms with E-state index in [0.717, 1.165) is 21.9 Å². The molecule has 3 aromatic rings. The van der Waals surface area contributed by atoms with E-state index in [2.05, 4.69) is 29.6 Å². The van der Waals surface area contributed by atoms with E-state index >= 15 is 0 Å². The summed E-state index contributed by atoms with van der Waals surface area (Å²) < 4.78 is 10.6. The van der Waals surface area contributed by atoms with Crippen LogP contribution in [0.15, 0.2) is 72.8 Å². The van der Waals surface area contributed by atoms with Gasteiger partial charge in [0.15, 0.2) is 0 Å². The van der Waals surface area contributed by atoms with Gasteiger partial charge in [0.05, 0.1) is 18.4 Å². The highest BCUT2D eigenvalue weighted by Crippen LogP contribution is 2.35. The molecule has 5 heteroatoms. The first kappa shape index (κ1) is 22.0. The number of ether oxygens (including phenoxy) is 2. The van der Waals surface area contributed by atoms with Crippen LogP contribution in [-0.4, -0.2) is 38.7 Å². The van der Waals surface area contributed by atoms with Gasteiger partial charge in [-0.25, -0.2) is 0 Å². The predicted molar refractivity (Wildman–Crippen MR) is 124 cm³/mol. The molecule has 5 nitrogen and oxygen atoms in total. The molecule has 1 unspecified atom stereocenters. The summed E-state index contributed by atoms with van der Waals surface area (Å²) in [4.78, 5) is 26.0. The fourth-order valence-corrected chi connectivity index (χ4v) is 4.56. The van der Waals surface area contributed by atoms with E-state index < -0.39 is 11.3 Å². The molecule has 1 heterocycles. The summed E-state index contributed by atoms with van der Waals surface area (Å²) >= 11 is 0. The number of esters is 1. The molecule has 4 rings (SSSR count). The fourth-order valence-electron chi connectivity index (χ4n) is 4.56. The molecular weight excluding hydrogens is 402 g/mol. The monoisotopic (exact) mass is 431 g/mol. The van der Waals surface area contributed by atoms with Gasteiger partial charge in [-0.3, -0.25) is 9.59 Å². The van der Waals surface area contributed by atoms with E-state index in [1.165, 1.54) is 7.11 Å². The largest absolute Gasteiger partial charge is 0.469 e. The highest BCUT2D eigenvalue weighted by Gasteiger charge is 2.41. The van der Waals surface area contributed by atoms with Crippen LogP contribution in [0.5, 0.6) is 0 Å². The first-order valence-electron chi connectivity index (χ1n) is 11.1. The molecule has 1 fully saturated rings. The third kappa shape index (κ3) is 4.68. The van der Waals surface area contributed by atoms with Gasteiger partial charge in [-0.1, -0.05) is 72.8 Å². The Kier molecular flexibility index (Phi) is 6.86. The Morgan fingerprint density at radius 1 is 0.969 bits per heavy atom. The van der Waals surface area contributed by atoms with E-state index in [-0.39, 0.29) is 18.4 Å². The zero-order valence-electron chi connectivity index (χ0n) is 18.4. The second kappa shape index (κ2) is 9.96. The van der Waals surface area contributed by atoms with Crippen LogP contribution in [0, 0.1) is 5.92 Å². The summed E-state index contributed by atoms with van der Waals surface area (Å²) in [5.41, 5.74) is 1.39. The Bertz CT molecular complexity index is 1070. The third-order valence-corrected chi connectivity index (χ3v) is 6.45. The van der Waals surface area contributed by atoms with Gasteiger partial charge in [-0.05, 0) is 41.2 Å². The number of fused-ring (bicyclic) bond motifs is 1. The number of hydrogen-bond donors (Lipinski definition) is 1. The van der Waals surface area contributed by atoms with Gasteiger partial charge >= 0.3 is 5.97 Å². The summed E-state index contributed by atoms with van der Waals surface area (Å²) in [6.45, 7) is 1.31. The summed E-state index contributed by atoms with van der Waals surface area (Å²) in [7, 11) is 1.39. The summed E-state index contributed by atoms with van der Waals surface area (Å²) in [6, 6.07) is 24.2. The number of methoxy groups -OCH3 is 1. The molecule has 32 heavy (non-hydrogen) atoms. The standard InChI is InChI=1S/C27H29NO4/c1-31-25(29)23(18-20-11-12-21-7-5-6-8-22(21)17-20)19-28-26(30)27(13-15-32-16-14-27)24-9-3-2-4-10-24/h2-12,17,23H,13-16,18-19H2,1H3,(H,28,30). The normalized spacial score (nSPS) is 16.3. The van der Waals surface area contributed by atoms with Crippen LogP contribution in [0.4, 0.5) is 0 Å². The Labute approximate surface area is 188 Å². The number of hydrogen-bond acceptors (Lipinski definition) is 4. The number of nitrogens with one attached hydrogen (secondary N) is 1. The first-order valence-corrected chi connectivity index (χ1v) is 11.1. The van der Waals surface area contributed by atoms with Crippen LogP contribution in [-0.2, 0) is 30.9 Å². The maximum absolute atomic E-state index is 13.4. The highest BCUT2D eigenvalue weighted by atomic mass is 16.5. The predicted octanol–water partition coefficient (Wildman–Crippen LogP) is 4.04. The lowest BCUT2D eigenvalue weighted by Gasteiger charge is -2.36. The second-order valence-electron chi connectivity index (χ2n) is 8.38. The third-order valence-electron chi connectivity index (χ3n) is 6.45. The molecule has 0 bridgehead atoms. The first-order chi connectivity index (χ1) is 15.6. The van der Waals surface area contributed by atoms with E-state index in [1.54, 1.807) is 0 Å². The van der Waals surface area contributed by atoms with E-state index in [4.69, 9.17) is 9.47 Å². The lowest BCUT2D eigenvalue weighted by Crippen LogP contribution is -2.49. The molecule has 1 saturated heterocycles. The maximum Gasteiger partial charge on any atom is 0.310 e. The number of benzene rings is 3. The van der Waals surface area contributed by atoms with Crippen molar-refractivity contribution in [1.29, 1.82) is 0 Å². The molecule has 1 atom stereocenters. The summed E-state index contributed by atoms with van der Waals surface area (Å²) in [5, 5.41) is 5.35. The molecule has 0 aromatic heterocycles. The quantitative estimate of drug-likeness (QED) is 0.574. The topological polar surface area (TPSA) is 64.6 Å². The van der Waals surface area contributed by atoms with E-state index in [0.29, 0.717) is 32.5 Å². The average molecular weight is 432 g/mol. The molecule has 1 N–H and O–H groups in total. The molecule has 166 valence electrons. The number of rotatable bonds is 7. The van der Waals surface area contributed by atoms with E-state index in [9.17, 15) is 9.59 Å². The number of carbonyl (C=O) groups excluding carboxylic acids is 2. The molecule has 1 aliphatic heterocycles. The maximum atomic E-state index is 13.4. The number of carbonyl (C=O) groups is 2. The van der Waals surface area contributed by atoms with E-state index in [1.807, 2.05) is 48.5 Å². The summed E-state index contributed by atoms with van der Waals surface area (Å²) in [5.74, 6) is -0.837. The van der Waals surface area contributed by atoms with Gasteiger partial charge in [-0.2, -0.15) is 0 Å². The zero-order chi connectivity index (χ0) is 22.4. The lowest BCUT2D eigenvalue weighted by atomic mass is 9.73. The Hall–Kier alpha value is -3.18. The molecule has 1 aliphatic rings. The molecule has 3 aromatic carbocycles. The van der Waals surface area contributed by atoms with Crippen molar-refractivity contribution in [1.82, 2.24) is 5.32 Å². The molecule has 1 amide bonds. The van der Waals surface area contributed by atoms with Crippen molar-refractivity contribution in [2.24, 2.45) is 5.92 Å². The highest BCUT2D eigenvalue weighted by molar-refractivity contribution is 5.89. The van der Waals surface area contributed by atoms with Crippen LogP contribution in [0.3, 0.4) is 0 Å².